The van der Waals surface area contributed by atoms with Crippen LogP contribution in [0.15, 0.2) is 72.8 Å². The van der Waals surface area contributed by atoms with Crippen LogP contribution < -0.4 is 10.2 Å². The Hall–Kier alpha value is -2.90. The summed E-state index contributed by atoms with van der Waals surface area (Å²) in [5.74, 6) is -4.60. The summed E-state index contributed by atoms with van der Waals surface area (Å²) in [5, 5.41) is 14.5. The number of carbonyl (C=O) groups is 3. The van der Waals surface area contributed by atoms with E-state index < -0.39 is 41.2 Å². The van der Waals surface area contributed by atoms with E-state index in [1.54, 1.807) is 48.5 Å². The third-order valence-electron chi connectivity index (χ3n) is 6.75. The van der Waals surface area contributed by atoms with Crippen molar-refractivity contribution in [2.24, 2.45) is 11.8 Å². The van der Waals surface area contributed by atoms with Gasteiger partial charge in [-0.05, 0) is 35.4 Å². The third kappa shape index (κ3) is 3.81. The van der Waals surface area contributed by atoms with E-state index in [9.17, 15) is 19.5 Å². The molecule has 2 saturated heterocycles. The summed E-state index contributed by atoms with van der Waals surface area (Å²) in [5.41, 5.74) is -0.330. The number of carboxylic acid groups (broad SMARTS) is 1. The lowest BCUT2D eigenvalue weighted by molar-refractivity contribution is -0.148. The number of hydrogen-bond acceptors (Lipinski definition) is 4. The summed E-state index contributed by atoms with van der Waals surface area (Å²) < 4.78 is 0. The van der Waals surface area contributed by atoms with Crippen molar-refractivity contribution in [1.82, 2.24) is 5.32 Å². The SMILES string of the molecule is O=C1[C@H]2[C@@H](C(=O)N1c1ccc(Cl)cc1Cl)[C@](Cc1ccccc1)(C(=O)O)N[C@H]2c1ccccc1Cl. The van der Waals surface area contributed by atoms with Crippen molar-refractivity contribution in [2.45, 2.75) is 18.0 Å². The van der Waals surface area contributed by atoms with Crippen molar-refractivity contribution >= 4 is 58.3 Å². The molecule has 4 atom stereocenters. The van der Waals surface area contributed by atoms with Crippen molar-refractivity contribution in [3.63, 3.8) is 0 Å². The fraction of sp³-hybridized carbons (Fsp3) is 0.192. The van der Waals surface area contributed by atoms with Crippen LogP contribution in [0.4, 0.5) is 5.69 Å². The van der Waals surface area contributed by atoms with Gasteiger partial charge in [-0.25, -0.2) is 4.90 Å². The monoisotopic (exact) mass is 528 g/mol. The molecule has 2 heterocycles. The van der Waals surface area contributed by atoms with Gasteiger partial charge in [0.05, 0.1) is 22.5 Å². The number of nitrogens with one attached hydrogen (secondary N) is 1. The highest BCUT2D eigenvalue weighted by atomic mass is 35.5. The number of rotatable bonds is 5. The molecule has 35 heavy (non-hydrogen) atoms. The molecule has 0 aromatic heterocycles. The molecule has 2 aliphatic rings. The molecular formula is C26H19Cl3N2O4. The zero-order valence-corrected chi connectivity index (χ0v) is 20.4. The molecule has 0 unspecified atom stereocenters. The smallest absolute Gasteiger partial charge is 0.325 e. The number of imide groups is 1. The Morgan fingerprint density at radius 1 is 0.914 bits per heavy atom. The predicted molar refractivity (Wildman–Crippen MR) is 134 cm³/mol. The van der Waals surface area contributed by atoms with E-state index in [-0.39, 0.29) is 17.1 Å². The second kappa shape index (κ2) is 8.95. The van der Waals surface area contributed by atoms with Crippen LogP contribution in [-0.4, -0.2) is 28.4 Å². The molecule has 0 radical (unpaired) electrons. The van der Waals surface area contributed by atoms with Crippen LogP contribution in [0.2, 0.25) is 15.1 Å². The molecule has 6 nitrogen and oxygen atoms in total. The molecule has 0 bridgehead atoms. The fourth-order valence-corrected chi connectivity index (χ4v) is 6.00. The Morgan fingerprint density at radius 2 is 1.60 bits per heavy atom. The quantitative estimate of drug-likeness (QED) is 0.446. The van der Waals surface area contributed by atoms with E-state index >= 15 is 0 Å². The van der Waals surface area contributed by atoms with Crippen LogP contribution in [0.3, 0.4) is 0 Å². The Labute approximate surface area is 216 Å². The van der Waals surface area contributed by atoms with Gasteiger partial charge in [0.25, 0.3) is 0 Å². The van der Waals surface area contributed by atoms with E-state index in [4.69, 9.17) is 34.8 Å². The molecule has 0 spiro atoms. The van der Waals surface area contributed by atoms with Crippen molar-refractivity contribution in [3.05, 3.63) is 99.0 Å². The number of nitrogens with zero attached hydrogens (tertiary/aromatic N) is 1. The lowest BCUT2D eigenvalue weighted by atomic mass is 9.76. The molecule has 3 aromatic carbocycles. The third-order valence-corrected chi connectivity index (χ3v) is 7.63. The average Bonchev–Trinajstić information content (AvgIpc) is 3.29. The van der Waals surface area contributed by atoms with Crippen molar-refractivity contribution in [3.8, 4) is 0 Å². The molecule has 3 aromatic rings. The number of benzene rings is 3. The normalized spacial score (nSPS) is 25.7. The van der Waals surface area contributed by atoms with Crippen LogP contribution in [0, 0.1) is 11.8 Å². The van der Waals surface area contributed by atoms with Crippen LogP contribution in [0.5, 0.6) is 0 Å². The van der Waals surface area contributed by atoms with Gasteiger partial charge < -0.3 is 5.11 Å². The molecule has 5 rings (SSSR count). The van der Waals surface area contributed by atoms with Gasteiger partial charge in [0.2, 0.25) is 11.8 Å². The number of halogens is 3. The van der Waals surface area contributed by atoms with Gasteiger partial charge in [0.1, 0.15) is 5.54 Å². The minimum Gasteiger partial charge on any atom is -0.480 e. The van der Waals surface area contributed by atoms with E-state index in [2.05, 4.69) is 5.32 Å². The van der Waals surface area contributed by atoms with Crippen molar-refractivity contribution < 1.29 is 19.5 Å². The highest BCUT2D eigenvalue weighted by molar-refractivity contribution is 6.38. The second-order valence-electron chi connectivity index (χ2n) is 8.69. The van der Waals surface area contributed by atoms with Gasteiger partial charge >= 0.3 is 5.97 Å². The molecule has 9 heteroatoms. The number of hydrogen-bond donors (Lipinski definition) is 2. The topological polar surface area (TPSA) is 86.7 Å². The van der Waals surface area contributed by atoms with E-state index in [1.165, 1.54) is 18.2 Å². The van der Waals surface area contributed by atoms with Crippen LogP contribution in [0.1, 0.15) is 17.2 Å². The van der Waals surface area contributed by atoms with Crippen LogP contribution in [0.25, 0.3) is 0 Å². The van der Waals surface area contributed by atoms with Crippen LogP contribution >= 0.6 is 34.8 Å². The molecule has 2 amide bonds. The highest BCUT2D eigenvalue weighted by Crippen LogP contribution is 2.52. The van der Waals surface area contributed by atoms with Gasteiger partial charge in [-0.3, -0.25) is 19.7 Å². The summed E-state index contributed by atoms with van der Waals surface area (Å²) in [4.78, 5) is 41.6. The van der Waals surface area contributed by atoms with E-state index in [0.29, 0.717) is 21.2 Å². The lowest BCUT2D eigenvalue weighted by Gasteiger charge is -2.31. The molecule has 178 valence electrons. The number of fused-ring (bicyclic) bond motifs is 1. The first kappa shape index (κ1) is 23.8. The average molecular weight is 530 g/mol. The van der Waals surface area contributed by atoms with Gasteiger partial charge in [-0.2, -0.15) is 0 Å². The number of carbonyl (C=O) groups excluding carboxylic acids is 2. The summed E-state index contributed by atoms with van der Waals surface area (Å²) in [7, 11) is 0. The van der Waals surface area contributed by atoms with Gasteiger partial charge in [0, 0.05) is 22.5 Å². The molecule has 0 aliphatic carbocycles. The first-order valence-corrected chi connectivity index (χ1v) is 12.0. The maximum absolute atomic E-state index is 13.9. The first-order chi connectivity index (χ1) is 16.7. The van der Waals surface area contributed by atoms with Gasteiger partial charge in [-0.15, -0.1) is 0 Å². The van der Waals surface area contributed by atoms with E-state index in [0.717, 1.165) is 4.90 Å². The standard InChI is InChI=1S/C26H19Cl3N2O4/c27-15-10-11-19(18(29)12-15)31-23(32)20-21(24(31)33)26(25(34)35,13-14-6-2-1-3-7-14)30-22(20)16-8-4-5-9-17(16)28/h1-12,20-22,30H,13H2,(H,34,35)/t20-,21-,22-,26+/m0/s1. The summed E-state index contributed by atoms with van der Waals surface area (Å²) >= 11 is 18.8. The Balaban J connectivity index is 1.69. The second-order valence-corrected chi connectivity index (χ2v) is 9.94. The van der Waals surface area contributed by atoms with Crippen molar-refractivity contribution in [1.29, 1.82) is 0 Å². The minimum absolute atomic E-state index is 0.00744. The summed E-state index contributed by atoms with van der Waals surface area (Å²) in [6, 6.07) is 19.5. The Kier molecular flexibility index (Phi) is 6.09. The molecule has 2 N–H and O–H groups in total. The largest absolute Gasteiger partial charge is 0.480 e. The van der Waals surface area contributed by atoms with Crippen LogP contribution in [-0.2, 0) is 20.8 Å². The molecule has 2 fully saturated rings. The predicted octanol–water partition coefficient (Wildman–Crippen LogP) is 5.16. The highest BCUT2D eigenvalue weighted by Gasteiger charge is 2.68. The van der Waals surface area contributed by atoms with Crippen molar-refractivity contribution in [2.75, 3.05) is 4.90 Å². The van der Waals surface area contributed by atoms with Gasteiger partial charge in [0.15, 0.2) is 0 Å². The maximum Gasteiger partial charge on any atom is 0.325 e. The zero-order valence-electron chi connectivity index (χ0n) is 18.1. The minimum atomic E-state index is -1.75. The zero-order chi connectivity index (χ0) is 24.9. The summed E-state index contributed by atoms with van der Waals surface area (Å²) in [6.07, 6.45) is -0.00744. The molecular weight excluding hydrogens is 511 g/mol. The van der Waals surface area contributed by atoms with E-state index in [1.807, 2.05) is 6.07 Å². The van der Waals surface area contributed by atoms with Gasteiger partial charge in [-0.1, -0.05) is 83.3 Å². The Morgan fingerprint density at radius 3 is 2.26 bits per heavy atom. The molecule has 0 saturated carbocycles. The number of amides is 2. The Bertz CT molecular complexity index is 1350. The number of aliphatic carboxylic acids is 1. The lowest BCUT2D eigenvalue weighted by Crippen LogP contribution is -2.57. The number of anilines is 1. The summed E-state index contributed by atoms with van der Waals surface area (Å²) in [6.45, 7) is 0. The fourth-order valence-electron chi connectivity index (χ4n) is 5.25. The molecule has 2 aliphatic heterocycles. The number of carboxylic acids is 1. The maximum atomic E-state index is 13.9. The first-order valence-electron chi connectivity index (χ1n) is 10.9.